The van der Waals surface area contributed by atoms with Crippen molar-refractivity contribution in [1.29, 1.82) is 0 Å². The Bertz CT molecular complexity index is 1180. The first-order valence-electron chi connectivity index (χ1n) is 8.91. The van der Waals surface area contributed by atoms with E-state index in [4.69, 9.17) is 37.1 Å². The number of methoxy groups -OCH3 is 1. The van der Waals surface area contributed by atoms with Gasteiger partial charge in [0, 0.05) is 0 Å². The Morgan fingerprint density at radius 3 is 2.56 bits per heavy atom. The van der Waals surface area contributed by atoms with Crippen molar-refractivity contribution >= 4 is 52.9 Å². The van der Waals surface area contributed by atoms with Crippen molar-refractivity contribution in [3.63, 3.8) is 0 Å². The Labute approximate surface area is 191 Å². The summed E-state index contributed by atoms with van der Waals surface area (Å²) in [6, 6.07) is 12.2. The molecule has 0 radical (unpaired) electrons. The van der Waals surface area contributed by atoms with E-state index in [-0.39, 0.29) is 33.0 Å². The fourth-order valence-electron chi connectivity index (χ4n) is 2.39. The predicted molar refractivity (Wildman–Crippen MR) is 117 cm³/mol. The minimum atomic E-state index is -1.02. The second kappa shape index (κ2) is 10.5. The van der Waals surface area contributed by atoms with Gasteiger partial charge in [0.1, 0.15) is 0 Å². The van der Waals surface area contributed by atoms with E-state index in [2.05, 4.69) is 15.8 Å². The van der Waals surface area contributed by atoms with E-state index in [1.807, 2.05) is 0 Å². The number of benzene rings is 2. The fourth-order valence-corrected chi connectivity index (χ4v) is 2.74. The average molecular weight is 476 g/mol. The Kier molecular flexibility index (Phi) is 7.48. The zero-order chi connectivity index (χ0) is 23.1. The van der Waals surface area contributed by atoms with Crippen molar-refractivity contribution in [2.45, 2.75) is 0 Å². The fraction of sp³-hybridized carbons (Fsp3) is 0.0476. The summed E-state index contributed by atoms with van der Waals surface area (Å²) < 4.78 is 15.4. The number of carbonyl (C=O) groups is 3. The normalized spacial score (nSPS) is 10.6. The van der Waals surface area contributed by atoms with E-state index in [0.717, 1.165) is 0 Å². The van der Waals surface area contributed by atoms with Crippen LogP contribution in [0.3, 0.4) is 0 Å². The lowest BCUT2D eigenvalue weighted by molar-refractivity contribution is -0.136. The van der Waals surface area contributed by atoms with Gasteiger partial charge in [-0.3, -0.25) is 9.59 Å². The zero-order valence-electron chi connectivity index (χ0n) is 16.4. The summed E-state index contributed by atoms with van der Waals surface area (Å²) in [4.78, 5) is 35.9. The van der Waals surface area contributed by atoms with Crippen LogP contribution in [0.5, 0.6) is 11.5 Å². The summed E-state index contributed by atoms with van der Waals surface area (Å²) >= 11 is 11.8. The van der Waals surface area contributed by atoms with Crippen LogP contribution in [0.25, 0.3) is 0 Å². The summed E-state index contributed by atoms with van der Waals surface area (Å²) in [6.45, 7) is 0. The third-order valence-corrected chi connectivity index (χ3v) is 4.72. The highest BCUT2D eigenvalue weighted by atomic mass is 35.5. The van der Waals surface area contributed by atoms with Gasteiger partial charge >= 0.3 is 17.8 Å². The first-order chi connectivity index (χ1) is 15.4. The maximum absolute atomic E-state index is 12.0. The highest BCUT2D eigenvalue weighted by Crippen LogP contribution is 2.30. The van der Waals surface area contributed by atoms with Gasteiger partial charge in [0.15, 0.2) is 11.5 Å². The summed E-state index contributed by atoms with van der Waals surface area (Å²) in [5.74, 6) is -2.25. The zero-order valence-corrected chi connectivity index (χ0v) is 17.9. The van der Waals surface area contributed by atoms with Crippen molar-refractivity contribution in [2.75, 3.05) is 12.4 Å². The summed E-state index contributed by atoms with van der Waals surface area (Å²) in [6.07, 6.45) is 2.63. The monoisotopic (exact) mass is 475 g/mol. The molecular weight excluding hydrogens is 461 g/mol. The van der Waals surface area contributed by atoms with Crippen molar-refractivity contribution < 1.29 is 28.3 Å². The predicted octanol–water partition coefficient (Wildman–Crippen LogP) is 3.90. The summed E-state index contributed by atoms with van der Waals surface area (Å²) in [5, 5.41) is 6.41. The molecule has 0 saturated heterocycles. The quantitative estimate of drug-likeness (QED) is 0.183. The van der Waals surface area contributed by atoms with E-state index in [9.17, 15) is 14.4 Å². The lowest BCUT2D eigenvalue weighted by atomic mass is 10.2. The number of amides is 2. The molecule has 0 spiro atoms. The first-order valence-corrected chi connectivity index (χ1v) is 9.66. The number of carbonyl (C=O) groups excluding carboxylic acids is 3. The van der Waals surface area contributed by atoms with E-state index in [1.54, 1.807) is 24.3 Å². The smallest absolute Gasteiger partial charge is 0.379 e. The van der Waals surface area contributed by atoms with Gasteiger partial charge in [-0.15, -0.1) is 0 Å². The molecule has 2 amide bonds. The lowest BCUT2D eigenvalue weighted by Gasteiger charge is -2.09. The maximum Gasteiger partial charge on any atom is 0.379 e. The van der Waals surface area contributed by atoms with Crippen molar-refractivity contribution in [3.05, 3.63) is 76.2 Å². The summed E-state index contributed by atoms with van der Waals surface area (Å²) in [5.41, 5.74) is 2.78. The number of nitrogens with one attached hydrogen (secondary N) is 2. The minimum Gasteiger partial charge on any atom is -0.493 e. The second-order valence-electron chi connectivity index (χ2n) is 6.03. The number of furan rings is 1. The Balaban J connectivity index is 1.60. The molecule has 164 valence electrons. The van der Waals surface area contributed by atoms with Crippen molar-refractivity contribution in [1.82, 2.24) is 5.43 Å². The number of hydrazone groups is 1. The molecule has 1 aromatic heterocycles. The molecule has 3 rings (SSSR count). The van der Waals surface area contributed by atoms with Crippen LogP contribution >= 0.6 is 23.2 Å². The van der Waals surface area contributed by atoms with Crippen molar-refractivity contribution in [3.8, 4) is 11.5 Å². The third kappa shape index (κ3) is 5.65. The number of ether oxygens (including phenoxy) is 2. The molecule has 0 aliphatic heterocycles. The standard InChI is InChI=1S/C21H15Cl2N3O6/c1-30-17-10-12(7-8-15(17)32-21(29)16-6-3-9-31-16)11-24-26-20(28)19(27)25-14-5-2-4-13(22)18(14)23/h2-11H,1H3,(H,25,27)(H,26,28)/b24-11+. The van der Waals surface area contributed by atoms with Crippen molar-refractivity contribution in [2.24, 2.45) is 5.10 Å². The van der Waals surface area contributed by atoms with Gasteiger partial charge in [-0.05, 0) is 48.0 Å². The molecule has 9 nitrogen and oxygen atoms in total. The van der Waals surface area contributed by atoms with Gasteiger partial charge in [0.2, 0.25) is 5.76 Å². The number of rotatable bonds is 6. The first kappa shape index (κ1) is 22.9. The molecular formula is C21H15Cl2N3O6. The van der Waals surface area contributed by atoms with Gasteiger partial charge in [0.25, 0.3) is 0 Å². The number of nitrogens with zero attached hydrogens (tertiary/aromatic N) is 1. The molecule has 1 heterocycles. The molecule has 32 heavy (non-hydrogen) atoms. The second-order valence-corrected chi connectivity index (χ2v) is 6.82. The molecule has 3 aromatic rings. The minimum absolute atomic E-state index is 0.0396. The number of hydrogen-bond donors (Lipinski definition) is 2. The SMILES string of the molecule is COc1cc(/C=N/NC(=O)C(=O)Nc2cccc(Cl)c2Cl)ccc1OC(=O)c1ccco1. The van der Waals surface area contributed by atoms with Crippen LogP contribution in [0.2, 0.25) is 10.0 Å². The topological polar surface area (TPSA) is 119 Å². The van der Waals surface area contributed by atoms with Crippen LogP contribution in [0, 0.1) is 0 Å². The highest BCUT2D eigenvalue weighted by molar-refractivity contribution is 6.45. The van der Waals surface area contributed by atoms with Crippen LogP contribution in [-0.2, 0) is 9.59 Å². The summed E-state index contributed by atoms with van der Waals surface area (Å²) in [7, 11) is 1.40. The van der Waals surface area contributed by atoms with E-state index < -0.39 is 17.8 Å². The molecule has 2 aromatic carbocycles. The van der Waals surface area contributed by atoms with Gasteiger partial charge < -0.3 is 19.2 Å². The van der Waals surface area contributed by atoms with E-state index >= 15 is 0 Å². The lowest BCUT2D eigenvalue weighted by Crippen LogP contribution is -2.32. The van der Waals surface area contributed by atoms with Crippen LogP contribution in [0.1, 0.15) is 16.1 Å². The van der Waals surface area contributed by atoms with Crippen LogP contribution in [-0.4, -0.2) is 31.1 Å². The van der Waals surface area contributed by atoms with Crippen LogP contribution in [0.15, 0.2) is 64.3 Å². The molecule has 0 atom stereocenters. The average Bonchev–Trinajstić information content (AvgIpc) is 3.33. The van der Waals surface area contributed by atoms with Gasteiger partial charge in [0.05, 0.1) is 35.3 Å². The molecule has 0 aliphatic carbocycles. The number of anilines is 1. The van der Waals surface area contributed by atoms with Crippen LogP contribution in [0.4, 0.5) is 5.69 Å². The molecule has 0 aliphatic rings. The van der Waals surface area contributed by atoms with Crippen LogP contribution < -0.4 is 20.2 Å². The number of halogens is 2. The third-order valence-electron chi connectivity index (χ3n) is 3.90. The van der Waals surface area contributed by atoms with Gasteiger partial charge in [-0.1, -0.05) is 29.3 Å². The van der Waals surface area contributed by atoms with Gasteiger partial charge in [-0.2, -0.15) is 5.10 Å². The number of hydrogen-bond acceptors (Lipinski definition) is 7. The molecule has 0 fully saturated rings. The van der Waals surface area contributed by atoms with Gasteiger partial charge in [-0.25, -0.2) is 10.2 Å². The Morgan fingerprint density at radius 2 is 1.84 bits per heavy atom. The Morgan fingerprint density at radius 1 is 1.03 bits per heavy atom. The Hall–Kier alpha value is -3.82. The largest absolute Gasteiger partial charge is 0.493 e. The molecule has 0 bridgehead atoms. The molecule has 0 unspecified atom stereocenters. The maximum atomic E-state index is 12.0. The number of esters is 1. The molecule has 0 saturated carbocycles. The van der Waals surface area contributed by atoms with E-state index in [1.165, 1.54) is 43.9 Å². The molecule has 11 heteroatoms. The molecule has 2 N–H and O–H groups in total. The van der Waals surface area contributed by atoms with E-state index in [0.29, 0.717) is 5.56 Å². The highest BCUT2D eigenvalue weighted by Gasteiger charge is 2.16.